The van der Waals surface area contributed by atoms with Crippen LogP contribution in [0.15, 0.2) is 206 Å². The zero-order valence-corrected chi connectivity index (χ0v) is 40.4. The van der Waals surface area contributed by atoms with Crippen LogP contribution in [0.1, 0.15) is 5.56 Å². The summed E-state index contributed by atoms with van der Waals surface area (Å²) in [7, 11) is 0. The Hall–Kier alpha value is -10.3. The summed E-state index contributed by atoms with van der Waals surface area (Å²) in [6.07, 6.45) is 0. The molecule has 0 N–H and O–H groups in total. The van der Waals surface area contributed by atoms with Crippen molar-refractivity contribution < 1.29 is 35.1 Å². The number of benzene rings is 12. The zero-order valence-electron chi connectivity index (χ0n) is 40.4. The molecule has 12 aromatic rings. The lowest BCUT2D eigenvalue weighted by Crippen LogP contribution is -2.12. The van der Waals surface area contributed by atoms with Gasteiger partial charge in [-0.3, -0.25) is 0 Å². The van der Waals surface area contributed by atoms with E-state index in [-0.39, 0.29) is 22.3 Å². The average molecular weight is 1040 g/mol. The zero-order chi connectivity index (χ0) is 53.9. The number of halogens is 8. The van der Waals surface area contributed by atoms with E-state index >= 15 is 0 Å². The minimum atomic E-state index is -0.833. The number of anilines is 6. The Bertz CT molecular complexity index is 3960. The number of nitriles is 1. The molecule has 0 bridgehead atoms. The molecule has 0 atom stereocenters. The van der Waals surface area contributed by atoms with Gasteiger partial charge in [-0.1, -0.05) is 48.5 Å². The highest BCUT2D eigenvalue weighted by Gasteiger charge is 2.25. The van der Waals surface area contributed by atoms with Gasteiger partial charge in [0.2, 0.25) is 0 Å². The Balaban J connectivity index is 1.12. The Labute approximate surface area is 440 Å². The molecule has 0 aromatic heterocycles. The molecule has 0 aliphatic heterocycles. The Morgan fingerprint density at radius 1 is 0.321 bits per heavy atom. The largest absolute Gasteiger partial charge is 0.310 e. The maximum atomic E-state index is 15.0. The summed E-state index contributed by atoms with van der Waals surface area (Å²) in [6.45, 7) is 7.72. The minimum absolute atomic E-state index is 0.160. The lowest BCUT2D eigenvalue weighted by atomic mass is 9.91. The van der Waals surface area contributed by atoms with Crippen molar-refractivity contribution in [3.8, 4) is 50.6 Å². The third kappa shape index (κ3) is 9.12. The maximum absolute atomic E-state index is 15.0. The molecule has 0 unspecified atom stereocenters. The fourth-order valence-corrected chi connectivity index (χ4v) is 10.4. The van der Waals surface area contributed by atoms with E-state index in [1.807, 2.05) is 58.3 Å². The summed E-state index contributed by atoms with van der Waals surface area (Å²) in [5.41, 5.74) is 5.90. The molecule has 0 aliphatic carbocycles. The second-order valence-corrected chi connectivity index (χ2v) is 18.7. The summed E-state index contributed by atoms with van der Waals surface area (Å²) in [6, 6.07) is 53.8. The molecule has 4 nitrogen and oxygen atoms in total. The quantitative estimate of drug-likeness (QED) is 0.0778. The summed E-state index contributed by atoms with van der Waals surface area (Å²) in [5, 5.41) is 14.6. The van der Waals surface area contributed by atoms with E-state index in [2.05, 4.69) is 10.9 Å². The maximum Gasteiger partial charge on any atom is 0.187 e. The highest BCUT2D eigenvalue weighted by molar-refractivity contribution is 6.28. The van der Waals surface area contributed by atoms with Crippen LogP contribution in [0.5, 0.6) is 0 Å². The van der Waals surface area contributed by atoms with Gasteiger partial charge >= 0.3 is 0 Å². The first-order chi connectivity index (χ1) is 37.7. The second-order valence-electron chi connectivity index (χ2n) is 18.7. The summed E-state index contributed by atoms with van der Waals surface area (Å²) < 4.78 is 120. The smallest absolute Gasteiger partial charge is 0.187 e. The van der Waals surface area contributed by atoms with Crippen LogP contribution in [0.25, 0.3) is 81.7 Å². The van der Waals surface area contributed by atoms with Crippen molar-refractivity contribution in [2.45, 2.75) is 0 Å². The number of hydrogen-bond donors (Lipinski definition) is 0. The molecule has 0 aliphatic rings. The lowest BCUT2D eigenvalue weighted by Gasteiger charge is -2.30. The van der Waals surface area contributed by atoms with Gasteiger partial charge in [-0.05, 0) is 200 Å². The SMILES string of the molecule is [C-]#[N+]c1ccc(N(c2cc(-c3cc(F)cc(F)c3)cc(-c3cc(F)cc(F)c3)c2)c2ccc3ccc4c(N(c5ccc(C#N)cc5)c5cc(-c6cc(F)cc(F)c6)cc(-c6cc(F)cc(F)c6)c5)ccc5ccc2c3c54)cc1. The molecular weight excluding hydrogens is 1000 g/mol. The van der Waals surface area contributed by atoms with Gasteiger partial charge in [-0.15, -0.1) is 0 Å². The highest BCUT2D eigenvalue weighted by atomic mass is 19.2. The van der Waals surface area contributed by atoms with E-state index in [0.717, 1.165) is 56.6 Å². The predicted molar refractivity (Wildman–Crippen MR) is 292 cm³/mol. The molecule has 0 heterocycles. The topological polar surface area (TPSA) is 34.6 Å². The normalized spacial score (nSPS) is 11.3. The van der Waals surface area contributed by atoms with E-state index in [0.29, 0.717) is 67.6 Å². The van der Waals surface area contributed by atoms with Gasteiger partial charge in [0.1, 0.15) is 46.5 Å². The molecule has 0 saturated heterocycles. The Morgan fingerprint density at radius 2 is 0.615 bits per heavy atom. The number of rotatable bonds is 10. The van der Waals surface area contributed by atoms with E-state index in [4.69, 9.17) is 6.57 Å². The van der Waals surface area contributed by atoms with Crippen molar-refractivity contribution in [3.63, 3.8) is 0 Å². The number of nitrogens with zero attached hydrogens (tertiary/aromatic N) is 4. The Morgan fingerprint density at radius 3 is 0.923 bits per heavy atom. The summed E-state index contributed by atoms with van der Waals surface area (Å²) >= 11 is 0. The fraction of sp³-hybridized carbons (Fsp3) is 0. The second kappa shape index (κ2) is 19.4. The third-order valence-electron chi connectivity index (χ3n) is 13.7. The predicted octanol–water partition coefficient (Wildman–Crippen LogP) is 19.7. The van der Waals surface area contributed by atoms with Crippen LogP contribution in [0.3, 0.4) is 0 Å². The number of hydrogen-bond acceptors (Lipinski definition) is 3. The first-order valence-corrected chi connectivity index (χ1v) is 24.2. The monoisotopic (exact) mass is 1030 g/mol. The molecule has 12 aromatic carbocycles. The third-order valence-corrected chi connectivity index (χ3v) is 13.7. The van der Waals surface area contributed by atoms with Crippen molar-refractivity contribution >= 4 is 72.1 Å². The van der Waals surface area contributed by atoms with Gasteiger partial charge in [0.05, 0.1) is 29.6 Å². The molecular formula is C66H34F8N4. The van der Waals surface area contributed by atoms with Gasteiger partial charge in [0.15, 0.2) is 5.69 Å². The Kier molecular flexibility index (Phi) is 12.1. The lowest BCUT2D eigenvalue weighted by molar-refractivity contribution is 0.583. The van der Waals surface area contributed by atoms with Crippen molar-refractivity contribution in [3.05, 3.63) is 270 Å². The van der Waals surface area contributed by atoms with Gasteiger partial charge in [0, 0.05) is 57.8 Å². The van der Waals surface area contributed by atoms with Crippen molar-refractivity contribution in [1.29, 1.82) is 5.26 Å². The first kappa shape index (κ1) is 48.6. The molecule has 12 rings (SSSR count). The van der Waals surface area contributed by atoms with Crippen molar-refractivity contribution in [2.75, 3.05) is 9.80 Å². The van der Waals surface area contributed by atoms with Crippen molar-refractivity contribution in [2.24, 2.45) is 0 Å². The molecule has 78 heavy (non-hydrogen) atoms. The molecule has 0 amide bonds. The van der Waals surface area contributed by atoms with Gasteiger partial charge in [-0.25, -0.2) is 40.0 Å². The van der Waals surface area contributed by atoms with Gasteiger partial charge < -0.3 is 9.80 Å². The van der Waals surface area contributed by atoms with Crippen LogP contribution in [0.4, 0.5) is 74.9 Å². The standard InChI is InChI=1S/C66H34F8N4/c1-76-56-8-12-58(13-9-56)78(60-30-42(46-24-52(71)34-53(72)25-46)19-43(31-60)47-26-54(73)35-55(74)27-47)64-17-7-39-4-14-61-63(16-6-38-5-15-62(64)66(39)65(38)61)77(57-10-2-37(36-75)3-11-57)59-28-40(44-20-48(67)32-49(68)21-44)18-41(29-59)45-22-50(69)33-51(70)23-45/h2-35H. The van der Waals surface area contributed by atoms with Crippen LogP contribution in [-0.2, 0) is 0 Å². The fourth-order valence-electron chi connectivity index (χ4n) is 10.4. The molecule has 0 spiro atoms. The van der Waals surface area contributed by atoms with Crippen LogP contribution < -0.4 is 9.80 Å². The van der Waals surface area contributed by atoms with Gasteiger partial charge in [0.25, 0.3) is 0 Å². The average Bonchev–Trinajstić information content (AvgIpc) is 3.47. The molecule has 0 radical (unpaired) electrons. The van der Waals surface area contributed by atoms with E-state index in [1.54, 1.807) is 84.9 Å². The molecule has 374 valence electrons. The molecule has 0 saturated carbocycles. The van der Waals surface area contributed by atoms with Crippen LogP contribution in [-0.4, -0.2) is 0 Å². The minimum Gasteiger partial charge on any atom is -0.310 e. The first-order valence-electron chi connectivity index (χ1n) is 24.2. The van der Waals surface area contributed by atoms with Crippen LogP contribution in [0.2, 0.25) is 0 Å². The van der Waals surface area contributed by atoms with Crippen molar-refractivity contribution in [1.82, 2.24) is 0 Å². The highest BCUT2D eigenvalue weighted by Crippen LogP contribution is 2.50. The summed E-state index contributed by atoms with van der Waals surface area (Å²) in [4.78, 5) is 7.40. The van der Waals surface area contributed by atoms with Crippen LogP contribution >= 0.6 is 0 Å². The van der Waals surface area contributed by atoms with E-state index in [1.165, 1.54) is 48.5 Å². The molecule has 12 heteroatoms. The van der Waals surface area contributed by atoms with Crippen LogP contribution in [0, 0.1) is 64.4 Å². The van der Waals surface area contributed by atoms with E-state index in [9.17, 15) is 40.4 Å². The van der Waals surface area contributed by atoms with E-state index < -0.39 is 46.5 Å². The summed E-state index contributed by atoms with van der Waals surface area (Å²) in [5.74, 6) is -6.66. The van der Waals surface area contributed by atoms with Gasteiger partial charge in [-0.2, -0.15) is 5.26 Å². The molecule has 0 fully saturated rings.